The first-order chi connectivity index (χ1) is 12.9. The molecule has 1 aromatic heterocycles. The molecule has 5 heteroatoms. The number of halogens is 1. The molecule has 2 aromatic carbocycles. The second-order valence-corrected chi connectivity index (χ2v) is 7.23. The van der Waals surface area contributed by atoms with E-state index in [0.29, 0.717) is 5.69 Å². The zero-order chi connectivity index (χ0) is 19.1. The van der Waals surface area contributed by atoms with Gasteiger partial charge in [0.15, 0.2) is 5.69 Å². The van der Waals surface area contributed by atoms with Gasteiger partial charge in [-0.1, -0.05) is 6.07 Å². The van der Waals surface area contributed by atoms with Gasteiger partial charge in [-0.05, 0) is 80.6 Å². The van der Waals surface area contributed by atoms with Gasteiger partial charge in [0.05, 0.1) is 5.69 Å². The number of carbonyl (C=O) groups excluding carboxylic acids is 1. The molecule has 138 valence electrons. The number of carbonyl (C=O) groups is 1. The predicted octanol–water partition coefficient (Wildman–Crippen LogP) is 4.39. The summed E-state index contributed by atoms with van der Waals surface area (Å²) in [6.07, 6.45) is 2.72. The number of nitrogens with zero attached hydrogens (tertiary/aromatic N) is 3. The highest BCUT2D eigenvalue weighted by Crippen LogP contribution is 2.29. The van der Waals surface area contributed by atoms with Crippen molar-refractivity contribution in [3.8, 4) is 5.69 Å². The maximum atomic E-state index is 13.3. The molecule has 1 amide bonds. The van der Waals surface area contributed by atoms with Crippen LogP contribution < -0.4 is 4.90 Å². The van der Waals surface area contributed by atoms with Crippen molar-refractivity contribution in [1.82, 2.24) is 9.78 Å². The van der Waals surface area contributed by atoms with Gasteiger partial charge in [0.25, 0.3) is 5.91 Å². The molecule has 0 unspecified atom stereocenters. The van der Waals surface area contributed by atoms with Crippen LogP contribution >= 0.6 is 0 Å². The normalized spacial score (nSPS) is 12.9. The van der Waals surface area contributed by atoms with Gasteiger partial charge in [0.1, 0.15) is 5.82 Å². The van der Waals surface area contributed by atoms with Crippen LogP contribution in [0.3, 0.4) is 0 Å². The summed E-state index contributed by atoms with van der Waals surface area (Å²) in [7, 11) is 1.79. The molecule has 1 heterocycles. The molecule has 1 aliphatic rings. The Morgan fingerprint density at radius 3 is 2.41 bits per heavy atom. The lowest BCUT2D eigenvalue weighted by molar-refractivity contribution is 0.0987. The van der Waals surface area contributed by atoms with Crippen molar-refractivity contribution in [2.75, 3.05) is 11.9 Å². The van der Waals surface area contributed by atoms with E-state index in [0.717, 1.165) is 53.0 Å². The molecule has 0 saturated carbocycles. The fourth-order valence-corrected chi connectivity index (χ4v) is 3.83. The summed E-state index contributed by atoms with van der Waals surface area (Å²) in [5, 5.41) is 4.63. The number of anilines is 1. The summed E-state index contributed by atoms with van der Waals surface area (Å²) < 4.78 is 15.1. The number of rotatable bonds is 3. The van der Waals surface area contributed by atoms with Gasteiger partial charge in [-0.2, -0.15) is 5.10 Å². The third-order valence-electron chi connectivity index (χ3n) is 5.10. The summed E-state index contributed by atoms with van der Waals surface area (Å²) in [5.74, 6) is -0.396. The molecule has 0 aliphatic heterocycles. The number of aryl methyl sites for hydroxylation is 2. The van der Waals surface area contributed by atoms with Crippen LogP contribution in [0.15, 0.2) is 42.5 Å². The topological polar surface area (TPSA) is 38.1 Å². The minimum Gasteiger partial charge on any atom is -0.310 e. The van der Waals surface area contributed by atoms with Crippen LogP contribution in [-0.4, -0.2) is 22.7 Å². The lowest BCUT2D eigenvalue weighted by Gasteiger charge is -2.18. The molecule has 3 aromatic rings. The Hall–Kier alpha value is -2.95. The lowest BCUT2D eigenvalue weighted by Crippen LogP contribution is -2.27. The molecule has 4 nitrogen and oxygen atoms in total. The summed E-state index contributed by atoms with van der Waals surface area (Å²) in [6, 6.07) is 12.3. The van der Waals surface area contributed by atoms with E-state index in [1.807, 2.05) is 26.0 Å². The first-order valence-electron chi connectivity index (χ1n) is 9.17. The van der Waals surface area contributed by atoms with Crippen molar-refractivity contribution in [1.29, 1.82) is 0 Å². The summed E-state index contributed by atoms with van der Waals surface area (Å²) in [5.41, 5.74) is 6.44. The molecule has 4 rings (SSSR count). The average molecular weight is 363 g/mol. The van der Waals surface area contributed by atoms with Gasteiger partial charge >= 0.3 is 0 Å². The maximum absolute atomic E-state index is 13.3. The Balaban J connectivity index is 1.74. The summed E-state index contributed by atoms with van der Waals surface area (Å²) >= 11 is 0. The molecule has 27 heavy (non-hydrogen) atoms. The molecule has 0 spiro atoms. The number of aromatic nitrogens is 2. The van der Waals surface area contributed by atoms with E-state index in [2.05, 4.69) is 11.2 Å². The Labute approximate surface area is 158 Å². The van der Waals surface area contributed by atoms with Gasteiger partial charge in [-0.3, -0.25) is 4.79 Å². The van der Waals surface area contributed by atoms with Gasteiger partial charge in [0, 0.05) is 24.0 Å². The van der Waals surface area contributed by atoms with E-state index in [9.17, 15) is 9.18 Å². The molecule has 1 aliphatic carbocycles. The summed E-state index contributed by atoms with van der Waals surface area (Å²) in [4.78, 5) is 14.9. The van der Waals surface area contributed by atoms with Crippen molar-refractivity contribution in [3.63, 3.8) is 0 Å². The van der Waals surface area contributed by atoms with Crippen molar-refractivity contribution >= 4 is 11.6 Å². The molecular formula is C22H22FN3O. The third kappa shape index (κ3) is 3.14. The van der Waals surface area contributed by atoms with E-state index < -0.39 is 0 Å². The molecule has 0 bridgehead atoms. The van der Waals surface area contributed by atoms with Crippen molar-refractivity contribution in [2.45, 2.75) is 33.1 Å². The number of hydrogen-bond acceptors (Lipinski definition) is 2. The monoisotopic (exact) mass is 363 g/mol. The van der Waals surface area contributed by atoms with Crippen LogP contribution in [-0.2, 0) is 12.8 Å². The van der Waals surface area contributed by atoms with E-state index in [1.165, 1.54) is 12.1 Å². The second kappa shape index (κ2) is 6.65. The fourth-order valence-electron chi connectivity index (χ4n) is 3.83. The number of fused-ring (bicyclic) bond motifs is 1. The number of amides is 1. The van der Waals surface area contributed by atoms with E-state index in [4.69, 9.17) is 0 Å². The molecule has 0 saturated heterocycles. The van der Waals surface area contributed by atoms with Crippen LogP contribution in [0.1, 0.15) is 39.3 Å². The zero-order valence-corrected chi connectivity index (χ0v) is 15.8. The van der Waals surface area contributed by atoms with Gasteiger partial charge in [0.2, 0.25) is 0 Å². The van der Waals surface area contributed by atoms with Crippen molar-refractivity contribution in [3.05, 3.63) is 76.4 Å². The highest BCUT2D eigenvalue weighted by molar-refractivity contribution is 6.05. The highest BCUT2D eigenvalue weighted by atomic mass is 19.1. The third-order valence-corrected chi connectivity index (χ3v) is 5.10. The summed E-state index contributed by atoms with van der Waals surface area (Å²) in [6.45, 7) is 4.05. The molecule has 0 atom stereocenters. The largest absolute Gasteiger partial charge is 0.310 e. The lowest BCUT2D eigenvalue weighted by atomic mass is 10.1. The molecular weight excluding hydrogens is 341 g/mol. The van der Waals surface area contributed by atoms with Crippen LogP contribution in [0.25, 0.3) is 5.69 Å². The highest BCUT2D eigenvalue weighted by Gasteiger charge is 2.29. The maximum Gasteiger partial charge on any atom is 0.278 e. The van der Waals surface area contributed by atoms with E-state index in [1.54, 1.807) is 28.8 Å². The van der Waals surface area contributed by atoms with Crippen LogP contribution in [0, 0.1) is 19.7 Å². The second-order valence-electron chi connectivity index (χ2n) is 7.23. The van der Waals surface area contributed by atoms with Crippen LogP contribution in [0.4, 0.5) is 10.1 Å². The van der Waals surface area contributed by atoms with Gasteiger partial charge < -0.3 is 4.90 Å². The Morgan fingerprint density at radius 2 is 1.74 bits per heavy atom. The molecule has 0 N–H and O–H groups in total. The van der Waals surface area contributed by atoms with E-state index in [-0.39, 0.29) is 11.7 Å². The Morgan fingerprint density at radius 1 is 1.07 bits per heavy atom. The molecule has 0 radical (unpaired) electrons. The zero-order valence-electron chi connectivity index (χ0n) is 15.8. The van der Waals surface area contributed by atoms with Crippen molar-refractivity contribution < 1.29 is 9.18 Å². The minimum atomic E-state index is -0.284. The number of benzene rings is 2. The number of hydrogen-bond donors (Lipinski definition) is 0. The fraction of sp³-hybridized carbons (Fsp3) is 0.273. The van der Waals surface area contributed by atoms with Crippen molar-refractivity contribution in [2.24, 2.45) is 0 Å². The molecule has 0 fully saturated rings. The van der Waals surface area contributed by atoms with Crippen LogP contribution in [0.5, 0.6) is 0 Å². The van der Waals surface area contributed by atoms with Crippen LogP contribution in [0.2, 0.25) is 0 Å². The Kier molecular flexibility index (Phi) is 4.30. The quantitative estimate of drug-likeness (QED) is 0.692. The van der Waals surface area contributed by atoms with Gasteiger partial charge in [-0.25, -0.2) is 9.07 Å². The SMILES string of the molecule is Cc1cc(C)cc(N(C)C(=O)c2nn(-c3ccc(F)cc3)c3c2CCC3)c1. The van der Waals surface area contributed by atoms with E-state index >= 15 is 0 Å². The Bertz CT molecular complexity index is 1000. The minimum absolute atomic E-state index is 0.112. The first kappa shape index (κ1) is 17.5. The smallest absolute Gasteiger partial charge is 0.278 e. The average Bonchev–Trinajstić information content (AvgIpc) is 3.23. The first-order valence-corrected chi connectivity index (χ1v) is 9.17. The van der Waals surface area contributed by atoms with Gasteiger partial charge in [-0.15, -0.1) is 0 Å². The standard InChI is InChI=1S/C22H22FN3O/c1-14-11-15(2)13-18(12-14)25(3)22(27)21-19-5-4-6-20(19)26(24-21)17-9-7-16(23)8-10-17/h7-13H,4-6H2,1-3H3. The predicted molar refractivity (Wildman–Crippen MR) is 104 cm³/mol.